The molecule has 0 saturated heterocycles. The van der Waals surface area contributed by atoms with Gasteiger partial charge in [0.25, 0.3) is 0 Å². The van der Waals surface area contributed by atoms with Gasteiger partial charge in [-0.3, -0.25) is 0 Å². The predicted molar refractivity (Wildman–Crippen MR) is 194 cm³/mol. The van der Waals surface area contributed by atoms with Crippen molar-refractivity contribution in [2.75, 3.05) is 4.90 Å². The average Bonchev–Trinajstić information content (AvgIpc) is 3.46. The molecule has 0 saturated carbocycles. The van der Waals surface area contributed by atoms with Gasteiger partial charge in [0, 0.05) is 22.1 Å². The molecule has 6 heteroatoms. The molecule has 4 heterocycles. The van der Waals surface area contributed by atoms with Gasteiger partial charge in [-0.15, -0.1) is 0 Å². The zero-order valence-electron chi connectivity index (χ0n) is 25.5. The summed E-state index contributed by atoms with van der Waals surface area (Å²) in [5.41, 5.74) is 8.05. The normalized spacial score (nSPS) is 14.4. The maximum absolute atomic E-state index is 15.9. The largest absolute Gasteiger partial charge is 0.455 e. The Morgan fingerprint density at radius 3 is 1.69 bits per heavy atom. The highest BCUT2D eigenvalue weighted by Gasteiger charge is 2.53. The van der Waals surface area contributed by atoms with Gasteiger partial charge in [-0.1, -0.05) is 78.9 Å². The SMILES string of the molecule is O=P12c3c4cc(-c5ccc6c7ccccc7n(-c7ccccc7)c6c5)cc3Oc3cccc(c31)N(c1ccccc1)c1cccc(c12)O4. The number of anilines is 3. The Bertz CT molecular complexity index is 2630. The lowest BCUT2D eigenvalue weighted by atomic mass is 10.0. The van der Waals surface area contributed by atoms with Crippen LogP contribution < -0.4 is 30.3 Å². The van der Waals surface area contributed by atoms with Crippen LogP contribution in [0.1, 0.15) is 0 Å². The molecule has 1 aromatic heterocycles. The van der Waals surface area contributed by atoms with Crippen LogP contribution in [0, 0.1) is 0 Å². The zero-order valence-corrected chi connectivity index (χ0v) is 26.4. The number of benzene rings is 7. The molecule has 0 radical (unpaired) electrons. The Balaban J connectivity index is 1.15. The summed E-state index contributed by atoms with van der Waals surface area (Å²) in [6, 6.07) is 51.8. The van der Waals surface area contributed by atoms with E-state index in [1.54, 1.807) is 0 Å². The third kappa shape index (κ3) is 3.28. The first kappa shape index (κ1) is 26.1. The van der Waals surface area contributed by atoms with Gasteiger partial charge in [-0.2, -0.15) is 0 Å². The molecular weight excluding hydrogens is 611 g/mol. The fraction of sp³-hybridized carbons (Fsp3) is 0. The Hall–Kier alpha value is -6.03. The van der Waals surface area contributed by atoms with E-state index in [1.165, 1.54) is 10.8 Å². The zero-order chi connectivity index (χ0) is 31.6. The van der Waals surface area contributed by atoms with Gasteiger partial charge in [-0.05, 0) is 83.9 Å². The Morgan fingerprint density at radius 2 is 1.02 bits per heavy atom. The second kappa shape index (κ2) is 9.28. The summed E-state index contributed by atoms with van der Waals surface area (Å²) in [6.45, 7) is 0. The van der Waals surface area contributed by atoms with Crippen molar-refractivity contribution in [3.05, 3.63) is 152 Å². The first-order valence-corrected chi connectivity index (χ1v) is 17.7. The van der Waals surface area contributed by atoms with Gasteiger partial charge in [-0.25, -0.2) is 0 Å². The van der Waals surface area contributed by atoms with E-state index in [9.17, 15) is 0 Å². The molecule has 0 aliphatic carbocycles. The summed E-state index contributed by atoms with van der Waals surface area (Å²) in [5, 5.41) is 4.48. The van der Waals surface area contributed by atoms with Crippen molar-refractivity contribution in [2.45, 2.75) is 0 Å². The highest BCUT2D eigenvalue weighted by atomic mass is 31.2. The molecule has 48 heavy (non-hydrogen) atoms. The summed E-state index contributed by atoms with van der Waals surface area (Å²) < 4.78 is 31.6. The molecule has 226 valence electrons. The van der Waals surface area contributed by atoms with Crippen LogP contribution in [0.3, 0.4) is 0 Å². The van der Waals surface area contributed by atoms with Crippen LogP contribution >= 0.6 is 7.14 Å². The number of ether oxygens (including phenoxy) is 2. The smallest absolute Gasteiger partial charge is 0.189 e. The van der Waals surface area contributed by atoms with E-state index in [0.717, 1.165) is 55.5 Å². The Kier molecular flexibility index (Phi) is 5.04. The van der Waals surface area contributed by atoms with Crippen molar-refractivity contribution in [3.8, 4) is 39.8 Å². The summed E-state index contributed by atoms with van der Waals surface area (Å²) in [7, 11) is -3.36. The molecule has 0 bridgehead atoms. The molecule has 3 aliphatic heterocycles. The number of hydrogen-bond donors (Lipinski definition) is 0. The van der Waals surface area contributed by atoms with Crippen molar-refractivity contribution in [1.29, 1.82) is 0 Å². The Labute approximate surface area is 276 Å². The molecule has 0 amide bonds. The molecule has 0 spiro atoms. The van der Waals surface area contributed by atoms with Crippen LogP contribution in [0.15, 0.2) is 152 Å². The standard InChI is InChI=1S/C42H25N2O3P/c45-48-40-33-17-9-19-36(40)46-38-24-27(25-39(42(38)48)47-37-20-10-18-34(41(37)48)44(33)29-13-5-2-6-14-29)26-21-22-31-30-15-7-8-16-32(30)43(35(31)23-26)28-11-3-1-4-12-28/h1-25H. The lowest BCUT2D eigenvalue weighted by molar-refractivity contribution is 0.462. The Morgan fingerprint density at radius 1 is 0.438 bits per heavy atom. The molecule has 3 aliphatic rings. The summed E-state index contributed by atoms with van der Waals surface area (Å²) in [4.78, 5) is 2.17. The van der Waals surface area contributed by atoms with E-state index in [0.29, 0.717) is 28.3 Å². The monoisotopic (exact) mass is 636 g/mol. The molecular formula is C42H25N2O3P. The van der Waals surface area contributed by atoms with Gasteiger partial charge >= 0.3 is 0 Å². The van der Waals surface area contributed by atoms with E-state index < -0.39 is 7.14 Å². The maximum atomic E-state index is 15.9. The number of nitrogens with zero attached hydrogens (tertiary/aromatic N) is 2. The quantitative estimate of drug-likeness (QED) is 0.181. The topological polar surface area (TPSA) is 43.7 Å². The highest BCUT2D eigenvalue weighted by Crippen LogP contribution is 2.65. The van der Waals surface area contributed by atoms with Crippen molar-refractivity contribution < 1.29 is 14.0 Å². The van der Waals surface area contributed by atoms with Crippen LogP contribution in [-0.2, 0) is 4.57 Å². The third-order valence-electron chi connectivity index (χ3n) is 9.90. The minimum Gasteiger partial charge on any atom is -0.455 e. The van der Waals surface area contributed by atoms with E-state index >= 15 is 4.57 Å². The van der Waals surface area contributed by atoms with Crippen molar-refractivity contribution in [1.82, 2.24) is 4.57 Å². The number of para-hydroxylation sites is 3. The van der Waals surface area contributed by atoms with Crippen LogP contribution in [0.25, 0.3) is 38.6 Å². The van der Waals surface area contributed by atoms with Gasteiger partial charge in [0.05, 0.1) is 33.0 Å². The van der Waals surface area contributed by atoms with Gasteiger partial charge in [0.15, 0.2) is 7.14 Å². The van der Waals surface area contributed by atoms with E-state index in [2.05, 4.69) is 88.3 Å². The third-order valence-corrected chi connectivity index (χ3v) is 13.1. The average molecular weight is 637 g/mol. The van der Waals surface area contributed by atoms with Crippen LogP contribution in [0.2, 0.25) is 0 Å². The molecule has 8 aromatic rings. The molecule has 0 unspecified atom stereocenters. The van der Waals surface area contributed by atoms with E-state index in [4.69, 9.17) is 9.47 Å². The second-order valence-electron chi connectivity index (χ2n) is 12.5. The highest BCUT2D eigenvalue weighted by molar-refractivity contribution is 7.87. The lowest BCUT2D eigenvalue weighted by Gasteiger charge is -2.43. The summed E-state index contributed by atoms with van der Waals surface area (Å²) >= 11 is 0. The van der Waals surface area contributed by atoms with Crippen molar-refractivity contribution in [2.24, 2.45) is 0 Å². The van der Waals surface area contributed by atoms with E-state index in [1.807, 2.05) is 72.8 Å². The fourth-order valence-corrected chi connectivity index (χ4v) is 11.3. The van der Waals surface area contributed by atoms with E-state index in [-0.39, 0.29) is 0 Å². The molecule has 7 aromatic carbocycles. The van der Waals surface area contributed by atoms with Gasteiger partial charge < -0.3 is 23.5 Å². The van der Waals surface area contributed by atoms with Crippen molar-refractivity contribution in [3.63, 3.8) is 0 Å². The van der Waals surface area contributed by atoms with Crippen LogP contribution in [0.5, 0.6) is 23.0 Å². The molecule has 11 rings (SSSR count). The van der Waals surface area contributed by atoms with Gasteiger partial charge in [0.2, 0.25) is 0 Å². The predicted octanol–water partition coefficient (Wildman–Crippen LogP) is 10.1. The van der Waals surface area contributed by atoms with Gasteiger partial charge in [0.1, 0.15) is 28.3 Å². The minimum atomic E-state index is -3.36. The first-order valence-electron chi connectivity index (χ1n) is 16.0. The molecule has 0 N–H and O–H groups in total. The van der Waals surface area contributed by atoms with Crippen LogP contribution in [0.4, 0.5) is 17.1 Å². The van der Waals surface area contributed by atoms with Crippen molar-refractivity contribution >= 4 is 61.9 Å². The fourth-order valence-electron chi connectivity index (χ4n) is 7.96. The summed E-state index contributed by atoms with van der Waals surface area (Å²) in [6.07, 6.45) is 0. The lowest BCUT2D eigenvalue weighted by Crippen LogP contribution is -2.42. The number of fused-ring (bicyclic) bond motifs is 3. The molecule has 5 nitrogen and oxygen atoms in total. The second-order valence-corrected chi connectivity index (χ2v) is 15.0. The minimum absolute atomic E-state index is 0.577. The first-order chi connectivity index (χ1) is 23.7. The van der Waals surface area contributed by atoms with Crippen LogP contribution in [-0.4, -0.2) is 4.57 Å². The molecule has 0 atom stereocenters. The molecule has 0 fully saturated rings. The maximum Gasteiger partial charge on any atom is 0.189 e. The number of aromatic nitrogens is 1. The number of rotatable bonds is 3. The number of hydrogen-bond acceptors (Lipinski definition) is 4. The summed E-state index contributed by atoms with van der Waals surface area (Å²) in [5.74, 6) is 2.39.